The van der Waals surface area contributed by atoms with E-state index in [0.29, 0.717) is 12.1 Å². The van der Waals surface area contributed by atoms with Crippen LogP contribution in [0.3, 0.4) is 0 Å². The number of nitrogens with one attached hydrogen (secondary N) is 1. The number of benzene rings is 1. The molecular weight excluding hydrogens is 335 g/mol. The summed E-state index contributed by atoms with van der Waals surface area (Å²) in [5.41, 5.74) is 2.39. The average molecular weight is 352 g/mol. The molecule has 7 heteroatoms. The summed E-state index contributed by atoms with van der Waals surface area (Å²) in [6.45, 7) is 0.240. The van der Waals surface area contributed by atoms with E-state index in [1.54, 1.807) is 12.3 Å². The van der Waals surface area contributed by atoms with Gasteiger partial charge in [-0.05, 0) is 41.8 Å². The number of aryl methyl sites for hydroxylation is 1. The standard InChI is InChI=1S/C19H17FN4O2/c1-24-18(25)8-7-17(23-24)19(26)22-12-16-6-5-14(11-21-16)9-13-3-2-4-15(20)10-13/h2-8,10-11H,9,12H2,1H3,(H,22,26). The van der Waals surface area contributed by atoms with Gasteiger partial charge in [0.25, 0.3) is 11.5 Å². The molecule has 1 N–H and O–H groups in total. The van der Waals surface area contributed by atoms with E-state index in [4.69, 9.17) is 0 Å². The number of carbonyl (C=O) groups is 1. The van der Waals surface area contributed by atoms with Gasteiger partial charge < -0.3 is 5.32 Å². The Hall–Kier alpha value is -3.35. The molecule has 0 saturated carbocycles. The van der Waals surface area contributed by atoms with Crippen molar-refractivity contribution in [2.24, 2.45) is 7.05 Å². The van der Waals surface area contributed by atoms with Crippen molar-refractivity contribution >= 4 is 5.91 Å². The second-order valence-corrected chi connectivity index (χ2v) is 5.83. The summed E-state index contributed by atoms with van der Waals surface area (Å²) in [6, 6.07) is 12.8. The van der Waals surface area contributed by atoms with E-state index in [2.05, 4.69) is 15.4 Å². The van der Waals surface area contributed by atoms with Crippen LogP contribution < -0.4 is 10.9 Å². The van der Waals surface area contributed by atoms with Gasteiger partial charge >= 0.3 is 0 Å². The fourth-order valence-electron chi connectivity index (χ4n) is 2.43. The summed E-state index contributed by atoms with van der Waals surface area (Å²) < 4.78 is 14.3. The Balaban J connectivity index is 1.59. The zero-order valence-corrected chi connectivity index (χ0v) is 14.1. The van der Waals surface area contributed by atoms with Gasteiger partial charge in [0.1, 0.15) is 11.5 Å². The summed E-state index contributed by atoms with van der Waals surface area (Å²) in [6.07, 6.45) is 2.29. The molecule has 26 heavy (non-hydrogen) atoms. The summed E-state index contributed by atoms with van der Waals surface area (Å²) in [5.74, 6) is -0.645. The summed E-state index contributed by atoms with van der Waals surface area (Å²) in [7, 11) is 1.48. The number of aromatic nitrogens is 3. The minimum atomic E-state index is -0.383. The maximum atomic E-state index is 13.2. The normalized spacial score (nSPS) is 10.5. The molecular formula is C19H17FN4O2. The van der Waals surface area contributed by atoms with E-state index in [-0.39, 0.29) is 29.5 Å². The van der Waals surface area contributed by atoms with Crippen LogP contribution in [0.4, 0.5) is 4.39 Å². The predicted molar refractivity (Wildman–Crippen MR) is 94.1 cm³/mol. The monoisotopic (exact) mass is 352 g/mol. The van der Waals surface area contributed by atoms with Gasteiger partial charge in [0.05, 0.1) is 12.2 Å². The van der Waals surface area contributed by atoms with Crippen molar-refractivity contribution in [3.63, 3.8) is 0 Å². The fraction of sp³-hybridized carbons (Fsp3) is 0.158. The van der Waals surface area contributed by atoms with Crippen LogP contribution in [-0.4, -0.2) is 20.7 Å². The molecule has 3 rings (SSSR count). The van der Waals surface area contributed by atoms with Crippen LogP contribution in [0.1, 0.15) is 27.3 Å². The highest BCUT2D eigenvalue weighted by Gasteiger charge is 2.08. The lowest BCUT2D eigenvalue weighted by Gasteiger charge is -2.06. The lowest BCUT2D eigenvalue weighted by atomic mass is 10.1. The minimum Gasteiger partial charge on any atom is -0.345 e. The zero-order valence-electron chi connectivity index (χ0n) is 14.1. The lowest BCUT2D eigenvalue weighted by molar-refractivity contribution is 0.0943. The molecule has 0 aliphatic rings. The SMILES string of the molecule is Cn1nc(C(=O)NCc2ccc(Cc3cccc(F)c3)cn2)ccc1=O. The highest BCUT2D eigenvalue weighted by atomic mass is 19.1. The number of amides is 1. The van der Waals surface area contributed by atoms with E-state index in [1.165, 1.54) is 31.3 Å². The molecule has 132 valence electrons. The van der Waals surface area contributed by atoms with Crippen LogP contribution in [0.25, 0.3) is 0 Å². The van der Waals surface area contributed by atoms with Crippen molar-refractivity contribution in [1.29, 1.82) is 0 Å². The Labute approximate surface area is 149 Å². The Kier molecular flexibility index (Phi) is 5.17. The number of carbonyl (C=O) groups excluding carboxylic acids is 1. The van der Waals surface area contributed by atoms with Crippen LogP contribution in [0.5, 0.6) is 0 Å². The number of hydrogen-bond acceptors (Lipinski definition) is 4. The first kappa shape index (κ1) is 17.5. The molecule has 0 bridgehead atoms. The molecule has 0 aliphatic heterocycles. The largest absolute Gasteiger partial charge is 0.345 e. The first-order chi connectivity index (χ1) is 12.5. The summed E-state index contributed by atoms with van der Waals surface area (Å²) in [4.78, 5) is 27.7. The van der Waals surface area contributed by atoms with Crippen LogP contribution >= 0.6 is 0 Å². The maximum absolute atomic E-state index is 13.2. The average Bonchev–Trinajstić information content (AvgIpc) is 2.63. The molecule has 0 fully saturated rings. The Morgan fingerprint density at radius 3 is 2.69 bits per heavy atom. The quantitative estimate of drug-likeness (QED) is 0.760. The van der Waals surface area contributed by atoms with Gasteiger partial charge in [-0.15, -0.1) is 0 Å². The molecule has 0 saturated heterocycles. The van der Waals surface area contributed by atoms with Crippen LogP contribution in [0.15, 0.2) is 59.5 Å². The van der Waals surface area contributed by atoms with E-state index in [1.807, 2.05) is 18.2 Å². The van der Waals surface area contributed by atoms with Crippen LogP contribution in [0, 0.1) is 5.82 Å². The second kappa shape index (κ2) is 7.69. The van der Waals surface area contributed by atoms with Crippen molar-refractivity contribution in [3.05, 3.63) is 93.4 Å². The molecule has 6 nitrogen and oxygen atoms in total. The van der Waals surface area contributed by atoms with Gasteiger partial charge in [0.15, 0.2) is 0 Å². The molecule has 3 aromatic rings. The molecule has 2 aromatic heterocycles. The summed E-state index contributed by atoms with van der Waals surface area (Å²) >= 11 is 0. The molecule has 0 atom stereocenters. The van der Waals surface area contributed by atoms with Gasteiger partial charge in [-0.1, -0.05) is 18.2 Å². The van der Waals surface area contributed by atoms with Crippen molar-refractivity contribution in [2.45, 2.75) is 13.0 Å². The molecule has 0 unspecified atom stereocenters. The number of rotatable bonds is 5. The van der Waals surface area contributed by atoms with Crippen molar-refractivity contribution < 1.29 is 9.18 Å². The maximum Gasteiger partial charge on any atom is 0.272 e. The molecule has 1 aromatic carbocycles. The number of halogens is 1. The fourth-order valence-corrected chi connectivity index (χ4v) is 2.43. The Morgan fingerprint density at radius 2 is 2.00 bits per heavy atom. The third kappa shape index (κ3) is 4.38. The van der Waals surface area contributed by atoms with E-state index >= 15 is 0 Å². The number of hydrogen-bond donors (Lipinski definition) is 1. The minimum absolute atomic E-state index is 0.162. The molecule has 0 radical (unpaired) electrons. The highest BCUT2D eigenvalue weighted by Crippen LogP contribution is 2.10. The number of pyridine rings is 1. The lowest BCUT2D eigenvalue weighted by Crippen LogP contribution is -2.28. The van der Waals surface area contributed by atoms with Crippen molar-refractivity contribution in [1.82, 2.24) is 20.1 Å². The van der Waals surface area contributed by atoms with E-state index in [9.17, 15) is 14.0 Å². The van der Waals surface area contributed by atoms with E-state index < -0.39 is 0 Å². The first-order valence-corrected chi connectivity index (χ1v) is 8.02. The van der Waals surface area contributed by atoms with Crippen molar-refractivity contribution in [3.8, 4) is 0 Å². The van der Waals surface area contributed by atoms with Gasteiger partial charge in [-0.3, -0.25) is 14.6 Å². The first-order valence-electron chi connectivity index (χ1n) is 8.02. The third-order valence-corrected chi connectivity index (χ3v) is 3.81. The molecule has 0 aliphatic carbocycles. The highest BCUT2D eigenvalue weighted by molar-refractivity contribution is 5.91. The van der Waals surface area contributed by atoms with Gasteiger partial charge in [0.2, 0.25) is 0 Å². The van der Waals surface area contributed by atoms with Gasteiger partial charge in [-0.2, -0.15) is 5.10 Å². The zero-order chi connectivity index (χ0) is 18.5. The Morgan fingerprint density at radius 1 is 1.15 bits per heavy atom. The Bertz CT molecular complexity index is 983. The van der Waals surface area contributed by atoms with Crippen LogP contribution in [-0.2, 0) is 20.0 Å². The number of nitrogens with zero attached hydrogens (tertiary/aromatic N) is 3. The predicted octanol–water partition coefficient (Wildman–Crippen LogP) is 1.84. The second-order valence-electron chi connectivity index (χ2n) is 5.83. The topological polar surface area (TPSA) is 76.9 Å². The summed E-state index contributed by atoms with van der Waals surface area (Å²) in [5, 5.41) is 6.60. The van der Waals surface area contributed by atoms with Gasteiger partial charge in [-0.25, -0.2) is 9.07 Å². The molecule has 0 spiro atoms. The smallest absolute Gasteiger partial charge is 0.272 e. The molecule has 2 heterocycles. The molecule has 1 amide bonds. The van der Waals surface area contributed by atoms with Gasteiger partial charge in [0, 0.05) is 19.3 Å². The third-order valence-electron chi connectivity index (χ3n) is 3.81. The van der Waals surface area contributed by atoms with E-state index in [0.717, 1.165) is 15.8 Å². The van der Waals surface area contributed by atoms with Crippen LogP contribution in [0.2, 0.25) is 0 Å². The van der Waals surface area contributed by atoms with Crippen molar-refractivity contribution in [2.75, 3.05) is 0 Å².